The monoisotopic (exact) mass is 335 g/mol. The van der Waals surface area contributed by atoms with E-state index in [-0.39, 0.29) is 0 Å². The zero-order valence-electron chi connectivity index (χ0n) is 15.4. The van der Waals surface area contributed by atoms with Gasteiger partial charge in [-0.25, -0.2) is 9.97 Å². The van der Waals surface area contributed by atoms with Gasteiger partial charge in [-0.15, -0.1) is 0 Å². The molecule has 4 nitrogen and oxygen atoms in total. The third-order valence-corrected chi connectivity index (χ3v) is 4.34. The third-order valence-electron chi connectivity index (χ3n) is 4.34. The van der Waals surface area contributed by atoms with Crippen molar-refractivity contribution in [3.05, 3.63) is 59.9 Å². The van der Waals surface area contributed by atoms with Crippen LogP contribution in [0, 0.1) is 13.8 Å². The van der Waals surface area contributed by atoms with Crippen molar-refractivity contribution < 1.29 is 4.74 Å². The van der Waals surface area contributed by atoms with Crippen LogP contribution in [0.4, 0.5) is 5.82 Å². The molecule has 2 aromatic carbocycles. The van der Waals surface area contributed by atoms with Gasteiger partial charge in [0.05, 0.1) is 12.1 Å². The molecule has 25 heavy (non-hydrogen) atoms. The first-order valence-corrected chi connectivity index (χ1v) is 8.72. The fraction of sp³-hybridized carbons (Fsp3) is 0.333. The van der Waals surface area contributed by atoms with Crippen molar-refractivity contribution in [2.45, 2.75) is 33.7 Å². The molecule has 0 fully saturated rings. The minimum atomic E-state index is 0.320. The molecule has 130 valence electrons. The number of aromatic nitrogens is 2. The topological polar surface area (TPSA) is 38.2 Å². The first-order chi connectivity index (χ1) is 12.1. The van der Waals surface area contributed by atoms with Crippen LogP contribution in [0.3, 0.4) is 0 Å². The number of para-hydroxylation sites is 1. The van der Waals surface area contributed by atoms with Crippen molar-refractivity contribution in [2.75, 3.05) is 18.1 Å². The molecule has 3 aromatic rings. The molecular weight excluding hydrogens is 310 g/mol. The number of nitrogens with zero attached hydrogens (tertiary/aromatic N) is 3. The van der Waals surface area contributed by atoms with Crippen LogP contribution in [0.1, 0.15) is 25.0 Å². The van der Waals surface area contributed by atoms with E-state index in [0.717, 1.165) is 29.0 Å². The van der Waals surface area contributed by atoms with Crippen LogP contribution in [-0.2, 0) is 0 Å². The zero-order chi connectivity index (χ0) is 17.8. The average molecular weight is 335 g/mol. The molecule has 1 heterocycles. The second kappa shape index (κ2) is 7.51. The van der Waals surface area contributed by atoms with Crippen LogP contribution in [0.2, 0.25) is 0 Å². The Hall–Kier alpha value is -2.62. The number of aryl methyl sites for hydroxylation is 2. The van der Waals surface area contributed by atoms with E-state index in [9.17, 15) is 0 Å². The van der Waals surface area contributed by atoms with Crippen molar-refractivity contribution >= 4 is 16.7 Å². The SMILES string of the molecule is Cc1ccc(OCCN(c2ncnc3ccccc23)C(C)C)c(C)c1. The molecule has 0 aliphatic heterocycles. The highest BCUT2D eigenvalue weighted by Crippen LogP contribution is 2.24. The van der Waals surface area contributed by atoms with Gasteiger partial charge in [0, 0.05) is 11.4 Å². The van der Waals surface area contributed by atoms with Crippen LogP contribution in [0.25, 0.3) is 10.9 Å². The fourth-order valence-electron chi connectivity index (χ4n) is 3.04. The van der Waals surface area contributed by atoms with Crippen molar-refractivity contribution in [3.63, 3.8) is 0 Å². The molecule has 0 amide bonds. The van der Waals surface area contributed by atoms with Gasteiger partial charge in [0.15, 0.2) is 0 Å². The molecule has 0 radical (unpaired) electrons. The minimum Gasteiger partial charge on any atom is -0.491 e. The number of fused-ring (bicyclic) bond motifs is 1. The van der Waals surface area contributed by atoms with E-state index in [0.29, 0.717) is 12.6 Å². The highest BCUT2D eigenvalue weighted by molar-refractivity contribution is 5.89. The average Bonchev–Trinajstić information content (AvgIpc) is 2.60. The number of hydrogen-bond donors (Lipinski definition) is 0. The van der Waals surface area contributed by atoms with Crippen LogP contribution in [0.5, 0.6) is 5.75 Å². The fourth-order valence-corrected chi connectivity index (χ4v) is 3.04. The maximum absolute atomic E-state index is 6.02. The van der Waals surface area contributed by atoms with Gasteiger partial charge in [-0.2, -0.15) is 0 Å². The molecule has 0 saturated carbocycles. The summed E-state index contributed by atoms with van der Waals surface area (Å²) in [6.45, 7) is 9.91. The number of rotatable bonds is 6. The van der Waals surface area contributed by atoms with Gasteiger partial charge < -0.3 is 9.64 Å². The third kappa shape index (κ3) is 3.90. The predicted octanol–water partition coefficient (Wildman–Crippen LogP) is 4.54. The molecule has 0 N–H and O–H groups in total. The molecule has 0 spiro atoms. The molecule has 3 rings (SSSR count). The highest BCUT2D eigenvalue weighted by atomic mass is 16.5. The Morgan fingerprint density at radius 2 is 1.84 bits per heavy atom. The summed E-state index contributed by atoms with van der Waals surface area (Å²) in [6, 6.07) is 14.7. The Kier molecular flexibility index (Phi) is 5.17. The van der Waals surface area contributed by atoms with E-state index in [1.54, 1.807) is 6.33 Å². The standard InChI is InChI=1S/C21H25N3O/c1-15(2)24(11-12-25-20-10-9-16(3)13-17(20)4)21-18-7-5-6-8-19(18)22-14-23-21/h5-10,13-15H,11-12H2,1-4H3. The summed E-state index contributed by atoms with van der Waals surface area (Å²) in [4.78, 5) is 11.2. The summed E-state index contributed by atoms with van der Waals surface area (Å²) in [6.07, 6.45) is 1.64. The maximum Gasteiger partial charge on any atom is 0.140 e. The molecule has 1 aromatic heterocycles. The quantitative estimate of drug-likeness (QED) is 0.663. The largest absolute Gasteiger partial charge is 0.491 e. The molecule has 0 aliphatic rings. The Labute approximate surface area is 149 Å². The van der Waals surface area contributed by atoms with Gasteiger partial charge in [-0.3, -0.25) is 0 Å². The summed E-state index contributed by atoms with van der Waals surface area (Å²) in [5.74, 6) is 1.91. The normalized spacial score (nSPS) is 11.1. The van der Waals surface area contributed by atoms with E-state index in [2.05, 4.69) is 60.8 Å². The van der Waals surface area contributed by atoms with Crippen LogP contribution < -0.4 is 9.64 Å². The minimum absolute atomic E-state index is 0.320. The first kappa shape index (κ1) is 17.2. The number of benzene rings is 2. The molecule has 4 heteroatoms. The molecule has 0 saturated heterocycles. The Morgan fingerprint density at radius 1 is 1.04 bits per heavy atom. The molecule has 0 atom stereocenters. The lowest BCUT2D eigenvalue weighted by Crippen LogP contribution is -2.35. The first-order valence-electron chi connectivity index (χ1n) is 8.72. The lowest BCUT2D eigenvalue weighted by atomic mass is 10.1. The summed E-state index contributed by atoms with van der Waals surface area (Å²) in [5.41, 5.74) is 3.39. The van der Waals surface area contributed by atoms with Gasteiger partial charge in [-0.1, -0.05) is 29.8 Å². The Balaban J connectivity index is 1.77. The predicted molar refractivity (Wildman–Crippen MR) is 103 cm³/mol. The summed E-state index contributed by atoms with van der Waals surface area (Å²) < 4.78 is 6.02. The van der Waals surface area contributed by atoms with Gasteiger partial charge in [0.2, 0.25) is 0 Å². The van der Waals surface area contributed by atoms with Crippen molar-refractivity contribution in [1.29, 1.82) is 0 Å². The number of hydrogen-bond acceptors (Lipinski definition) is 4. The highest BCUT2D eigenvalue weighted by Gasteiger charge is 2.15. The van der Waals surface area contributed by atoms with E-state index in [4.69, 9.17) is 4.74 Å². The Morgan fingerprint density at radius 3 is 2.60 bits per heavy atom. The van der Waals surface area contributed by atoms with E-state index >= 15 is 0 Å². The number of ether oxygens (including phenoxy) is 1. The molecule has 0 aliphatic carbocycles. The van der Waals surface area contributed by atoms with Gasteiger partial charge in [0.25, 0.3) is 0 Å². The number of anilines is 1. The van der Waals surface area contributed by atoms with Gasteiger partial charge in [0.1, 0.15) is 24.5 Å². The van der Waals surface area contributed by atoms with Crippen LogP contribution in [0.15, 0.2) is 48.8 Å². The van der Waals surface area contributed by atoms with Gasteiger partial charge in [-0.05, 0) is 51.5 Å². The van der Waals surface area contributed by atoms with Crippen LogP contribution >= 0.6 is 0 Å². The summed E-state index contributed by atoms with van der Waals surface area (Å²) >= 11 is 0. The second-order valence-corrected chi connectivity index (χ2v) is 6.62. The lowest BCUT2D eigenvalue weighted by Gasteiger charge is -2.28. The lowest BCUT2D eigenvalue weighted by molar-refractivity contribution is 0.318. The summed E-state index contributed by atoms with van der Waals surface area (Å²) in [5, 5.41) is 1.07. The van der Waals surface area contributed by atoms with Crippen molar-refractivity contribution in [2.24, 2.45) is 0 Å². The van der Waals surface area contributed by atoms with E-state index in [1.807, 2.05) is 24.3 Å². The second-order valence-electron chi connectivity index (χ2n) is 6.62. The van der Waals surface area contributed by atoms with Crippen molar-refractivity contribution in [3.8, 4) is 5.75 Å². The van der Waals surface area contributed by atoms with E-state index < -0.39 is 0 Å². The Bertz CT molecular complexity index is 855. The molecule has 0 bridgehead atoms. The maximum atomic E-state index is 6.02. The van der Waals surface area contributed by atoms with Crippen LogP contribution in [-0.4, -0.2) is 29.2 Å². The van der Waals surface area contributed by atoms with E-state index in [1.165, 1.54) is 11.1 Å². The smallest absolute Gasteiger partial charge is 0.140 e. The molecular formula is C21H25N3O. The van der Waals surface area contributed by atoms with Gasteiger partial charge >= 0.3 is 0 Å². The summed E-state index contributed by atoms with van der Waals surface area (Å²) in [7, 11) is 0. The zero-order valence-corrected chi connectivity index (χ0v) is 15.4. The van der Waals surface area contributed by atoms with Crippen molar-refractivity contribution in [1.82, 2.24) is 9.97 Å². The molecule has 0 unspecified atom stereocenters.